The molecular formula is C22H30N6S. The first-order chi connectivity index (χ1) is 14.2. The minimum Gasteiger partial charge on any atom is -0.357 e. The van der Waals surface area contributed by atoms with E-state index < -0.39 is 0 Å². The van der Waals surface area contributed by atoms with Crippen LogP contribution < -0.4 is 5.32 Å². The third kappa shape index (κ3) is 4.97. The molecule has 0 aromatic carbocycles. The second kappa shape index (κ2) is 9.41. The van der Waals surface area contributed by atoms with Crippen molar-refractivity contribution in [1.82, 2.24) is 24.5 Å². The molecule has 1 fully saturated rings. The second-order valence-corrected chi connectivity index (χ2v) is 8.51. The fraction of sp³-hybridized carbons (Fsp3) is 0.455. The van der Waals surface area contributed by atoms with Crippen LogP contribution in [0.2, 0.25) is 0 Å². The standard InChI is InChI=1S/C22H30N6S/c1-3-23-22(27-13-11-26(12-14-27)17-20-7-5-15-29-20)24-9-8-19-16-28-10-4-6-18(2)21(28)25-19/h4-7,10,15-16H,3,8-9,11-14,17H2,1-2H3,(H,23,24). The summed E-state index contributed by atoms with van der Waals surface area (Å²) in [6, 6.07) is 8.53. The SMILES string of the molecule is CCNC(=NCCc1cn2cccc(C)c2n1)N1CCN(Cc2cccs2)CC1. The molecule has 1 N–H and O–H groups in total. The number of guanidine groups is 1. The highest BCUT2D eigenvalue weighted by Gasteiger charge is 2.19. The zero-order valence-electron chi connectivity index (χ0n) is 17.3. The van der Waals surface area contributed by atoms with Crippen LogP contribution in [0.5, 0.6) is 0 Å². The highest BCUT2D eigenvalue weighted by Crippen LogP contribution is 2.14. The monoisotopic (exact) mass is 410 g/mol. The van der Waals surface area contributed by atoms with Crippen molar-refractivity contribution in [3.8, 4) is 0 Å². The van der Waals surface area contributed by atoms with Crippen LogP contribution in [0.25, 0.3) is 5.65 Å². The van der Waals surface area contributed by atoms with Crippen molar-refractivity contribution in [2.75, 3.05) is 39.3 Å². The molecule has 154 valence electrons. The third-order valence-corrected chi connectivity index (χ3v) is 6.18. The van der Waals surface area contributed by atoms with Gasteiger partial charge in [0.25, 0.3) is 0 Å². The molecule has 0 unspecified atom stereocenters. The zero-order chi connectivity index (χ0) is 20.1. The number of aryl methyl sites for hydroxylation is 1. The number of nitrogens with one attached hydrogen (secondary N) is 1. The first kappa shape index (κ1) is 19.9. The summed E-state index contributed by atoms with van der Waals surface area (Å²) in [7, 11) is 0. The average Bonchev–Trinajstić information content (AvgIpc) is 3.38. The van der Waals surface area contributed by atoms with Gasteiger partial charge < -0.3 is 14.6 Å². The molecule has 3 aromatic heterocycles. The molecule has 0 amide bonds. The van der Waals surface area contributed by atoms with Crippen molar-refractivity contribution in [2.45, 2.75) is 26.8 Å². The first-order valence-corrected chi connectivity index (χ1v) is 11.3. The summed E-state index contributed by atoms with van der Waals surface area (Å²) >= 11 is 1.84. The summed E-state index contributed by atoms with van der Waals surface area (Å²) < 4.78 is 2.10. The second-order valence-electron chi connectivity index (χ2n) is 7.48. The molecule has 0 radical (unpaired) electrons. The van der Waals surface area contributed by atoms with E-state index >= 15 is 0 Å². The molecule has 1 saturated heterocycles. The lowest BCUT2D eigenvalue weighted by Crippen LogP contribution is -2.52. The van der Waals surface area contributed by atoms with Crippen LogP contribution in [0.1, 0.15) is 23.1 Å². The number of aromatic nitrogens is 2. The van der Waals surface area contributed by atoms with Gasteiger partial charge in [0.05, 0.1) is 5.69 Å². The summed E-state index contributed by atoms with van der Waals surface area (Å²) in [5, 5.41) is 5.63. The maximum Gasteiger partial charge on any atom is 0.194 e. The Labute approximate surface area is 176 Å². The van der Waals surface area contributed by atoms with E-state index in [2.05, 4.69) is 75.4 Å². The molecule has 0 aliphatic carbocycles. The highest BCUT2D eigenvalue weighted by molar-refractivity contribution is 7.09. The van der Waals surface area contributed by atoms with Gasteiger partial charge in [0.1, 0.15) is 5.65 Å². The van der Waals surface area contributed by atoms with Crippen molar-refractivity contribution < 1.29 is 0 Å². The minimum absolute atomic E-state index is 0.751. The quantitative estimate of drug-likeness (QED) is 0.501. The minimum atomic E-state index is 0.751. The van der Waals surface area contributed by atoms with E-state index in [9.17, 15) is 0 Å². The van der Waals surface area contributed by atoms with Crippen molar-refractivity contribution in [3.05, 3.63) is 58.2 Å². The molecular weight excluding hydrogens is 380 g/mol. The molecule has 6 nitrogen and oxygen atoms in total. The van der Waals surface area contributed by atoms with E-state index in [1.165, 1.54) is 10.4 Å². The topological polar surface area (TPSA) is 48.2 Å². The predicted octanol–water partition coefficient (Wildman–Crippen LogP) is 3.03. The van der Waals surface area contributed by atoms with Gasteiger partial charge in [-0.05, 0) is 36.9 Å². The van der Waals surface area contributed by atoms with Gasteiger partial charge in [0.15, 0.2) is 5.96 Å². The molecule has 7 heteroatoms. The number of nitrogens with zero attached hydrogens (tertiary/aromatic N) is 5. The summed E-state index contributed by atoms with van der Waals surface area (Å²) in [5.74, 6) is 1.03. The molecule has 3 aromatic rings. The highest BCUT2D eigenvalue weighted by atomic mass is 32.1. The Bertz CT molecular complexity index is 938. The smallest absolute Gasteiger partial charge is 0.194 e. The molecule has 0 spiro atoms. The summed E-state index contributed by atoms with van der Waals surface area (Å²) in [5.41, 5.74) is 3.34. The van der Waals surface area contributed by atoms with Crippen molar-refractivity contribution in [2.24, 2.45) is 4.99 Å². The fourth-order valence-corrected chi connectivity index (χ4v) is 4.51. The Morgan fingerprint density at radius 3 is 2.79 bits per heavy atom. The van der Waals surface area contributed by atoms with Crippen LogP contribution in [-0.4, -0.2) is 64.4 Å². The summed E-state index contributed by atoms with van der Waals surface area (Å²) in [6.45, 7) is 11.1. The first-order valence-electron chi connectivity index (χ1n) is 10.4. The Morgan fingerprint density at radius 1 is 1.21 bits per heavy atom. The summed E-state index contributed by atoms with van der Waals surface area (Å²) in [4.78, 5) is 16.0. The number of thiophene rings is 1. The predicted molar refractivity (Wildman–Crippen MR) is 121 cm³/mol. The number of aliphatic imine (C=N–C) groups is 1. The van der Waals surface area contributed by atoms with Crippen LogP contribution in [-0.2, 0) is 13.0 Å². The van der Waals surface area contributed by atoms with E-state index in [0.717, 1.165) is 69.5 Å². The Balaban J connectivity index is 1.33. The Hall–Kier alpha value is -2.38. The van der Waals surface area contributed by atoms with E-state index in [1.54, 1.807) is 0 Å². The number of hydrogen-bond donors (Lipinski definition) is 1. The van der Waals surface area contributed by atoms with Gasteiger partial charge >= 0.3 is 0 Å². The maximum absolute atomic E-state index is 4.89. The van der Waals surface area contributed by atoms with Crippen LogP contribution >= 0.6 is 11.3 Å². The van der Waals surface area contributed by atoms with E-state index in [0.29, 0.717) is 0 Å². The van der Waals surface area contributed by atoms with Gasteiger partial charge in [-0.1, -0.05) is 12.1 Å². The van der Waals surface area contributed by atoms with Crippen molar-refractivity contribution in [3.63, 3.8) is 0 Å². The number of imidazole rings is 1. The van der Waals surface area contributed by atoms with Crippen LogP contribution in [0.3, 0.4) is 0 Å². The molecule has 4 rings (SSSR count). The van der Waals surface area contributed by atoms with E-state index in [4.69, 9.17) is 9.98 Å². The molecule has 4 heterocycles. The van der Waals surface area contributed by atoms with Gasteiger partial charge in [-0.3, -0.25) is 9.89 Å². The van der Waals surface area contributed by atoms with Gasteiger partial charge in [-0.25, -0.2) is 4.98 Å². The fourth-order valence-electron chi connectivity index (χ4n) is 3.77. The number of pyridine rings is 1. The van der Waals surface area contributed by atoms with Crippen LogP contribution in [0.15, 0.2) is 47.0 Å². The number of fused-ring (bicyclic) bond motifs is 1. The lowest BCUT2D eigenvalue weighted by atomic mass is 10.3. The Kier molecular flexibility index (Phi) is 6.46. The van der Waals surface area contributed by atoms with Gasteiger partial charge in [-0.2, -0.15) is 0 Å². The molecule has 1 aliphatic heterocycles. The Morgan fingerprint density at radius 2 is 2.07 bits per heavy atom. The maximum atomic E-state index is 4.89. The average molecular weight is 411 g/mol. The number of hydrogen-bond acceptors (Lipinski definition) is 4. The molecule has 0 saturated carbocycles. The van der Waals surface area contributed by atoms with Gasteiger partial charge in [-0.15, -0.1) is 11.3 Å². The van der Waals surface area contributed by atoms with Gasteiger partial charge in [0, 0.05) is 69.5 Å². The number of rotatable bonds is 6. The van der Waals surface area contributed by atoms with Crippen molar-refractivity contribution >= 4 is 22.9 Å². The molecule has 0 atom stereocenters. The normalized spacial score (nSPS) is 15.9. The number of piperazine rings is 1. The third-order valence-electron chi connectivity index (χ3n) is 5.32. The lowest BCUT2D eigenvalue weighted by molar-refractivity contribution is 0.173. The molecule has 29 heavy (non-hydrogen) atoms. The molecule has 1 aliphatic rings. The van der Waals surface area contributed by atoms with Gasteiger partial charge in [0.2, 0.25) is 0 Å². The summed E-state index contributed by atoms with van der Waals surface area (Å²) in [6.07, 6.45) is 5.03. The lowest BCUT2D eigenvalue weighted by Gasteiger charge is -2.36. The van der Waals surface area contributed by atoms with E-state index in [-0.39, 0.29) is 0 Å². The van der Waals surface area contributed by atoms with Crippen LogP contribution in [0.4, 0.5) is 0 Å². The van der Waals surface area contributed by atoms with Crippen LogP contribution in [0, 0.1) is 6.92 Å². The zero-order valence-corrected chi connectivity index (χ0v) is 18.2. The largest absolute Gasteiger partial charge is 0.357 e. The van der Waals surface area contributed by atoms with Crippen molar-refractivity contribution in [1.29, 1.82) is 0 Å². The molecule has 0 bridgehead atoms. The van der Waals surface area contributed by atoms with E-state index in [1.807, 2.05) is 11.3 Å².